The van der Waals surface area contributed by atoms with Gasteiger partial charge in [-0.25, -0.2) is 0 Å². The third-order valence-electron chi connectivity index (χ3n) is 1.91. The number of ether oxygens (including phenoxy) is 1. The fourth-order valence-electron chi connectivity index (χ4n) is 1.10. The van der Waals surface area contributed by atoms with Gasteiger partial charge in [-0.05, 0) is 0 Å². The number of rotatable bonds is 5. The molecule has 0 saturated carbocycles. The van der Waals surface area contributed by atoms with Gasteiger partial charge in [0.05, 0.1) is 19.6 Å². The number of esters is 1. The number of carbonyl (C=O) groups is 2. The number of amides is 1. The first-order valence-corrected chi connectivity index (χ1v) is 4.47. The fourth-order valence-corrected chi connectivity index (χ4v) is 1.10. The maximum atomic E-state index is 11.1. The van der Waals surface area contributed by atoms with Crippen LogP contribution in [0.3, 0.4) is 0 Å². The molecule has 14 heavy (non-hydrogen) atoms. The lowest BCUT2D eigenvalue weighted by Crippen LogP contribution is -2.37. The van der Waals surface area contributed by atoms with E-state index in [0.29, 0.717) is 0 Å². The molecular weight excluding hydrogens is 186 g/mol. The first kappa shape index (κ1) is 12.9. The molecular formula is C9H17NO4. The molecule has 0 aromatic heterocycles. The van der Waals surface area contributed by atoms with Gasteiger partial charge in [0, 0.05) is 20.0 Å². The van der Waals surface area contributed by atoms with Crippen molar-refractivity contribution in [1.29, 1.82) is 0 Å². The molecule has 0 heterocycles. The number of nitrogens with zero attached hydrogens (tertiary/aromatic N) is 1. The maximum Gasteiger partial charge on any atom is 0.310 e. The summed E-state index contributed by atoms with van der Waals surface area (Å²) in [5.74, 6) is -0.876. The van der Waals surface area contributed by atoms with Crippen LogP contribution in [-0.4, -0.2) is 48.7 Å². The third-order valence-corrected chi connectivity index (χ3v) is 1.91. The molecule has 0 aliphatic carbocycles. The molecule has 0 saturated heterocycles. The van der Waals surface area contributed by atoms with Crippen molar-refractivity contribution in [3.8, 4) is 0 Å². The van der Waals surface area contributed by atoms with Crippen LogP contribution in [0.2, 0.25) is 0 Å². The highest BCUT2D eigenvalue weighted by molar-refractivity contribution is 5.76. The van der Waals surface area contributed by atoms with E-state index in [0.717, 1.165) is 0 Å². The van der Waals surface area contributed by atoms with E-state index in [-0.39, 0.29) is 37.5 Å². The Morgan fingerprint density at radius 2 is 2.07 bits per heavy atom. The largest absolute Gasteiger partial charge is 0.469 e. The van der Waals surface area contributed by atoms with Gasteiger partial charge in [-0.1, -0.05) is 6.92 Å². The molecule has 5 heteroatoms. The van der Waals surface area contributed by atoms with Crippen LogP contribution >= 0.6 is 0 Å². The molecule has 0 bridgehead atoms. The van der Waals surface area contributed by atoms with Crippen molar-refractivity contribution in [3.63, 3.8) is 0 Å². The zero-order valence-electron chi connectivity index (χ0n) is 8.82. The summed E-state index contributed by atoms with van der Waals surface area (Å²) in [6, 6.07) is 0. The molecule has 0 radical (unpaired) electrons. The number of carbonyl (C=O) groups excluding carboxylic acids is 2. The predicted molar refractivity (Wildman–Crippen MR) is 50.5 cm³/mol. The van der Waals surface area contributed by atoms with E-state index < -0.39 is 0 Å². The summed E-state index contributed by atoms with van der Waals surface area (Å²) in [5, 5.41) is 8.68. The van der Waals surface area contributed by atoms with E-state index in [1.165, 1.54) is 18.9 Å². The van der Waals surface area contributed by atoms with E-state index in [2.05, 4.69) is 4.74 Å². The minimum absolute atomic E-state index is 0.104. The second-order valence-corrected chi connectivity index (χ2v) is 3.11. The van der Waals surface area contributed by atoms with E-state index in [4.69, 9.17) is 5.11 Å². The van der Waals surface area contributed by atoms with Crippen molar-refractivity contribution >= 4 is 11.9 Å². The van der Waals surface area contributed by atoms with E-state index in [1.807, 2.05) is 0 Å². The number of methoxy groups -OCH3 is 1. The van der Waals surface area contributed by atoms with Gasteiger partial charge in [0.25, 0.3) is 0 Å². The Balaban J connectivity index is 4.15. The Bertz CT molecular complexity index is 205. The van der Waals surface area contributed by atoms with Crippen molar-refractivity contribution in [2.45, 2.75) is 13.8 Å². The summed E-state index contributed by atoms with van der Waals surface area (Å²) in [7, 11) is 1.31. The minimum atomic E-state index is -0.365. The van der Waals surface area contributed by atoms with Crippen LogP contribution in [0.1, 0.15) is 13.8 Å². The number of hydrogen-bond acceptors (Lipinski definition) is 4. The highest BCUT2D eigenvalue weighted by Crippen LogP contribution is 2.02. The molecule has 0 spiro atoms. The predicted octanol–water partition coefficient (Wildman–Crippen LogP) is -0.364. The van der Waals surface area contributed by atoms with Crippen LogP contribution in [0.15, 0.2) is 0 Å². The summed E-state index contributed by atoms with van der Waals surface area (Å²) in [6.07, 6.45) is 0. The summed E-state index contributed by atoms with van der Waals surface area (Å²) in [6.45, 7) is 3.51. The Morgan fingerprint density at radius 1 is 1.50 bits per heavy atom. The number of hydrogen-bond donors (Lipinski definition) is 1. The summed E-state index contributed by atoms with van der Waals surface area (Å²) < 4.78 is 4.53. The molecule has 1 unspecified atom stereocenters. The molecule has 0 aliphatic heterocycles. The van der Waals surface area contributed by atoms with Gasteiger partial charge in [-0.2, -0.15) is 0 Å². The molecule has 0 aliphatic rings. The molecule has 1 atom stereocenters. The smallest absolute Gasteiger partial charge is 0.310 e. The Morgan fingerprint density at radius 3 is 2.43 bits per heavy atom. The van der Waals surface area contributed by atoms with E-state index >= 15 is 0 Å². The molecule has 1 amide bonds. The monoisotopic (exact) mass is 203 g/mol. The number of aliphatic hydroxyl groups is 1. The standard InChI is InChI=1S/C9H17NO4/c1-7(9(13)14-3)6-10(4-5-11)8(2)12/h7,11H,4-6H2,1-3H3. The molecule has 0 fully saturated rings. The zero-order valence-corrected chi connectivity index (χ0v) is 8.82. The normalized spacial score (nSPS) is 12.0. The number of aliphatic hydroxyl groups excluding tert-OH is 1. The van der Waals surface area contributed by atoms with Gasteiger partial charge >= 0.3 is 5.97 Å². The summed E-state index contributed by atoms with van der Waals surface area (Å²) >= 11 is 0. The van der Waals surface area contributed by atoms with Crippen molar-refractivity contribution < 1.29 is 19.4 Å². The van der Waals surface area contributed by atoms with Gasteiger partial charge < -0.3 is 14.7 Å². The fraction of sp³-hybridized carbons (Fsp3) is 0.778. The van der Waals surface area contributed by atoms with Gasteiger partial charge in [0.15, 0.2) is 0 Å². The molecule has 0 aromatic rings. The van der Waals surface area contributed by atoms with Crippen molar-refractivity contribution in [2.75, 3.05) is 26.8 Å². The third kappa shape index (κ3) is 4.23. The van der Waals surface area contributed by atoms with Crippen molar-refractivity contribution in [3.05, 3.63) is 0 Å². The average molecular weight is 203 g/mol. The quantitative estimate of drug-likeness (QED) is 0.619. The van der Waals surface area contributed by atoms with Gasteiger partial charge in [0.2, 0.25) is 5.91 Å². The Hall–Kier alpha value is -1.10. The highest BCUT2D eigenvalue weighted by Gasteiger charge is 2.18. The molecule has 1 N–H and O–H groups in total. The minimum Gasteiger partial charge on any atom is -0.469 e. The van der Waals surface area contributed by atoms with E-state index in [9.17, 15) is 9.59 Å². The van der Waals surface area contributed by atoms with Crippen LogP contribution in [0, 0.1) is 5.92 Å². The van der Waals surface area contributed by atoms with Crippen LogP contribution in [0.5, 0.6) is 0 Å². The van der Waals surface area contributed by atoms with Crippen LogP contribution < -0.4 is 0 Å². The second kappa shape index (κ2) is 6.37. The van der Waals surface area contributed by atoms with Crippen molar-refractivity contribution in [1.82, 2.24) is 4.90 Å². The van der Waals surface area contributed by atoms with Crippen LogP contribution in [0.25, 0.3) is 0 Å². The zero-order chi connectivity index (χ0) is 11.1. The second-order valence-electron chi connectivity index (χ2n) is 3.11. The lowest BCUT2D eigenvalue weighted by molar-refractivity contribution is -0.146. The summed E-state index contributed by atoms with van der Waals surface area (Å²) in [5.41, 5.74) is 0. The van der Waals surface area contributed by atoms with Crippen molar-refractivity contribution in [2.24, 2.45) is 5.92 Å². The molecule has 5 nitrogen and oxygen atoms in total. The summed E-state index contributed by atoms with van der Waals surface area (Å²) in [4.78, 5) is 23.5. The SMILES string of the molecule is COC(=O)C(C)CN(CCO)C(C)=O. The van der Waals surface area contributed by atoms with Gasteiger partial charge in [-0.3, -0.25) is 9.59 Å². The lowest BCUT2D eigenvalue weighted by atomic mass is 10.1. The first-order valence-electron chi connectivity index (χ1n) is 4.47. The van der Waals surface area contributed by atoms with Gasteiger partial charge in [0.1, 0.15) is 0 Å². The Labute approximate surface area is 83.6 Å². The topological polar surface area (TPSA) is 66.8 Å². The van der Waals surface area contributed by atoms with Crippen LogP contribution in [-0.2, 0) is 14.3 Å². The van der Waals surface area contributed by atoms with Crippen LogP contribution in [0.4, 0.5) is 0 Å². The lowest BCUT2D eigenvalue weighted by Gasteiger charge is -2.22. The highest BCUT2D eigenvalue weighted by atomic mass is 16.5. The molecule has 0 aromatic carbocycles. The Kier molecular flexibility index (Phi) is 5.87. The first-order chi connectivity index (χ1) is 6.52. The molecule has 0 rings (SSSR count). The van der Waals surface area contributed by atoms with E-state index in [1.54, 1.807) is 6.92 Å². The van der Waals surface area contributed by atoms with Gasteiger partial charge in [-0.15, -0.1) is 0 Å². The average Bonchev–Trinajstić information content (AvgIpc) is 2.15. The maximum absolute atomic E-state index is 11.1. The molecule has 82 valence electrons.